The van der Waals surface area contributed by atoms with Crippen LogP contribution in [0.15, 0.2) is 48.2 Å². The van der Waals surface area contributed by atoms with Gasteiger partial charge in [0.25, 0.3) is 0 Å². The lowest BCUT2D eigenvalue weighted by atomic mass is 9.99. The molecule has 0 aromatic heterocycles. The predicted octanol–water partition coefficient (Wildman–Crippen LogP) is 3.65. The van der Waals surface area contributed by atoms with Gasteiger partial charge in [0.1, 0.15) is 5.75 Å². The first-order valence-electron chi connectivity index (χ1n) is 7.20. The standard InChI is InChI=1S/C18H18O3/c1-20-15-9-8-13-5-4-6-14(16(13)12-15)11-17(19)18-7-2-3-10-21-18/h4-9,12H,2-3,10-11H2,1H3. The average molecular weight is 282 g/mol. The van der Waals surface area contributed by atoms with Crippen LogP contribution in [-0.2, 0) is 16.0 Å². The molecule has 21 heavy (non-hydrogen) atoms. The summed E-state index contributed by atoms with van der Waals surface area (Å²) in [7, 11) is 1.65. The molecule has 1 aliphatic heterocycles. The van der Waals surface area contributed by atoms with Gasteiger partial charge in [0.05, 0.1) is 13.7 Å². The number of methoxy groups -OCH3 is 1. The Balaban J connectivity index is 1.92. The molecule has 3 rings (SSSR count). The number of rotatable bonds is 4. The first-order chi connectivity index (χ1) is 10.3. The second-order valence-electron chi connectivity index (χ2n) is 5.16. The maximum atomic E-state index is 12.3. The van der Waals surface area contributed by atoms with Crippen LogP contribution in [0.3, 0.4) is 0 Å². The third-order valence-electron chi connectivity index (χ3n) is 3.74. The van der Waals surface area contributed by atoms with Crippen LogP contribution in [-0.4, -0.2) is 19.5 Å². The maximum Gasteiger partial charge on any atom is 0.201 e. The van der Waals surface area contributed by atoms with Crippen molar-refractivity contribution in [2.45, 2.75) is 19.3 Å². The summed E-state index contributed by atoms with van der Waals surface area (Å²) in [6.07, 6.45) is 4.17. The van der Waals surface area contributed by atoms with E-state index in [2.05, 4.69) is 0 Å². The lowest BCUT2D eigenvalue weighted by molar-refractivity contribution is -0.118. The number of carbonyl (C=O) groups excluding carboxylic acids is 1. The fraction of sp³-hybridized carbons (Fsp3) is 0.278. The fourth-order valence-electron chi connectivity index (χ4n) is 2.61. The number of ether oxygens (including phenoxy) is 2. The van der Waals surface area contributed by atoms with Crippen LogP contribution < -0.4 is 4.74 Å². The van der Waals surface area contributed by atoms with Crippen molar-refractivity contribution in [3.8, 4) is 5.75 Å². The molecule has 0 aliphatic carbocycles. The number of allylic oxidation sites excluding steroid dienone is 2. The molecule has 3 heteroatoms. The number of ketones is 1. The van der Waals surface area contributed by atoms with E-state index < -0.39 is 0 Å². The Morgan fingerprint density at radius 2 is 2.19 bits per heavy atom. The van der Waals surface area contributed by atoms with Crippen molar-refractivity contribution in [1.29, 1.82) is 0 Å². The van der Waals surface area contributed by atoms with Crippen LogP contribution in [0.25, 0.3) is 10.8 Å². The predicted molar refractivity (Wildman–Crippen MR) is 82.5 cm³/mol. The number of carbonyl (C=O) groups is 1. The Morgan fingerprint density at radius 1 is 1.29 bits per heavy atom. The Labute approximate surface area is 124 Å². The Bertz CT molecular complexity index is 701. The van der Waals surface area contributed by atoms with Gasteiger partial charge in [-0.3, -0.25) is 4.79 Å². The zero-order chi connectivity index (χ0) is 14.7. The summed E-state index contributed by atoms with van der Waals surface area (Å²) >= 11 is 0. The zero-order valence-electron chi connectivity index (χ0n) is 12.1. The molecule has 2 aromatic carbocycles. The molecule has 1 heterocycles. The van der Waals surface area contributed by atoms with Gasteiger partial charge in [0.2, 0.25) is 5.78 Å². The van der Waals surface area contributed by atoms with Gasteiger partial charge in [0, 0.05) is 6.42 Å². The van der Waals surface area contributed by atoms with Crippen LogP contribution in [0.4, 0.5) is 0 Å². The lowest BCUT2D eigenvalue weighted by Gasteiger charge is -2.14. The van der Waals surface area contributed by atoms with Crippen molar-refractivity contribution >= 4 is 16.6 Å². The molecule has 0 saturated heterocycles. The highest BCUT2D eigenvalue weighted by Crippen LogP contribution is 2.25. The van der Waals surface area contributed by atoms with Crippen LogP contribution in [0.5, 0.6) is 5.75 Å². The molecule has 3 nitrogen and oxygen atoms in total. The van der Waals surface area contributed by atoms with E-state index in [1.807, 2.05) is 42.5 Å². The van der Waals surface area contributed by atoms with E-state index in [1.54, 1.807) is 7.11 Å². The molecule has 0 radical (unpaired) electrons. The maximum absolute atomic E-state index is 12.3. The van der Waals surface area contributed by atoms with Gasteiger partial charge in [0.15, 0.2) is 5.76 Å². The minimum atomic E-state index is 0.0463. The zero-order valence-corrected chi connectivity index (χ0v) is 12.1. The molecule has 0 amide bonds. The third kappa shape index (κ3) is 2.92. The lowest BCUT2D eigenvalue weighted by Crippen LogP contribution is -2.13. The Hall–Kier alpha value is -2.29. The van der Waals surface area contributed by atoms with Gasteiger partial charge in [-0.05, 0) is 47.4 Å². The monoisotopic (exact) mass is 282 g/mol. The number of hydrogen-bond donors (Lipinski definition) is 0. The van der Waals surface area contributed by atoms with Gasteiger partial charge in [-0.1, -0.05) is 24.3 Å². The number of Topliss-reactive ketones (excluding diaryl/α,β-unsaturated/α-hetero) is 1. The SMILES string of the molecule is COc1ccc2cccc(CC(=O)C3=CCCCO3)c2c1. The molecule has 0 bridgehead atoms. The first-order valence-corrected chi connectivity index (χ1v) is 7.20. The first kappa shape index (κ1) is 13.7. The van der Waals surface area contributed by atoms with Gasteiger partial charge in [-0.15, -0.1) is 0 Å². The van der Waals surface area contributed by atoms with Crippen LogP contribution in [0.2, 0.25) is 0 Å². The largest absolute Gasteiger partial charge is 0.497 e. The topological polar surface area (TPSA) is 35.5 Å². The van der Waals surface area contributed by atoms with Gasteiger partial charge >= 0.3 is 0 Å². The van der Waals surface area contributed by atoms with Crippen molar-refractivity contribution in [2.75, 3.05) is 13.7 Å². The number of hydrogen-bond acceptors (Lipinski definition) is 3. The number of fused-ring (bicyclic) bond motifs is 1. The summed E-state index contributed by atoms with van der Waals surface area (Å²) in [4.78, 5) is 12.3. The quantitative estimate of drug-likeness (QED) is 0.858. The molecule has 0 saturated carbocycles. The fourth-order valence-corrected chi connectivity index (χ4v) is 2.61. The highest BCUT2D eigenvalue weighted by Gasteiger charge is 2.15. The summed E-state index contributed by atoms with van der Waals surface area (Å²) in [5.74, 6) is 1.36. The summed E-state index contributed by atoms with van der Waals surface area (Å²) < 4.78 is 10.7. The molecule has 1 aliphatic rings. The van der Waals surface area contributed by atoms with Crippen molar-refractivity contribution < 1.29 is 14.3 Å². The smallest absolute Gasteiger partial charge is 0.201 e. The van der Waals surface area contributed by atoms with Crippen molar-refractivity contribution in [1.82, 2.24) is 0 Å². The molecule has 2 aromatic rings. The summed E-state index contributed by atoms with van der Waals surface area (Å²) in [6, 6.07) is 11.9. The van der Waals surface area contributed by atoms with E-state index in [0.29, 0.717) is 18.8 Å². The normalized spacial score (nSPS) is 14.4. The highest BCUT2D eigenvalue weighted by molar-refractivity contribution is 5.98. The Morgan fingerprint density at radius 3 is 2.95 bits per heavy atom. The van der Waals surface area contributed by atoms with Crippen molar-refractivity contribution in [3.05, 3.63) is 53.8 Å². The van der Waals surface area contributed by atoms with E-state index in [1.165, 1.54) is 0 Å². The minimum Gasteiger partial charge on any atom is -0.497 e. The molecule has 108 valence electrons. The van der Waals surface area contributed by atoms with Gasteiger partial charge in [-0.25, -0.2) is 0 Å². The third-order valence-corrected chi connectivity index (χ3v) is 3.74. The average Bonchev–Trinajstić information content (AvgIpc) is 2.55. The van der Waals surface area contributed by atoms with E-state index in [-0.39, 0.29) is 5.78 Å². The highest BCUT2D eigenvalue weighted by atomic mass is 16.5. The van der Waals surface area contributed by atoms with Gasteiger partial charge in [-0.2, -0.15) is 0 Å². The van der Waals surface area contributed by atoms with Crippen molar-refractivity contribution in [3.63, 3.8) is 0 Å². The molecular formula is C18H18O3. The van der Waals surface area contributed by atoms with Crippen molar-refractivity contribution in [2.24, 2.45) is 0 Å². The molecule has 0 N–H and O–H groups in total. The van der Waals surface area contributed by atoms with E-state index >= 15 is 0 Å². The van der Waals surface area contributed by atoms with E-state index in [4.69, 9.17) is 9.47 Å². The summed E-state index contributed by atoms with van der Waals surface area (Å²) in [6.45, 7) is 0.640. The van der Waals surface area contributed by atoms with Gasteiger partial charge < -0.3 is 9.47 Å². The Kier molecular flexibility index (Phi) is 3.91. The summed E-state index contributed by atoms with van der Waals surface area (Å²) in [5.41, 5.74) is 1.01. The minimum absolute atomic E-state index is 0.0463. The second kappa shape index (κ2) is 6.00. The van der Waals surface area contributed by atoms with Crippen LogP contribution in [0, 0.1) is 0 Å². The van der Waals surface area contributed by atoms with E-state index in [0.717, 1.165) is 34.9 Å². The van der Waals surface area contributed by atoms with Crippen LogP contribution in [0.1, 0.15) is 18.4 Å². The summed E-state index contributed by atoms with van der Waals surface area (Å²) in [5, 5.41) is 2.17. The van der Waals surface area contributed by atoms with Crippen LogP contribution >= 0.6 is 0 Å². The second-order valence-corrected chi connectivity index (χ2v) is 5.16. The molecule has 0 fully saturated rings. The molecule has 0 atom stereocenters. The molecular weight excluding hydrogens is 264 g/mol. The number of benzene rings is 2. The van der Waals surface area contributed by atoms with E-state index in [9.17, 15) is 4.79 Å². The molecule has 0 spiro atoms. The molecule has 0 unspecified atom stereocenters.